The molecule has 1 aromatic rings. The summed E-state index contributed by atoms with van der Waals surface area (Å²) in [5.41, 5.74) is -0.207. The van der Waals surface area contributed by atoms with E-state index < -0.39 is 30.3 Å². The van der Waals surface area contributed by atoms with Gasteiger partial charge in [0.1, 0.15) is 6.10 Å². The van der Waals surface area contributed by atoms with Gasteiger partial charge >= 0.3 is 7.12 Å². The van der Waals surface area contributed by atoms with Crippen molar-refractivity contribution in [1.82, 2.24) is 0 Å². The molecule has 1 aliphatic rings. The largest absolute Gasteiger partial charge is 0.486 e. The molecule has 0 amide bonds. The number of ether oxygens (including phenoxy) is 1. The maximum absolute atomic E-state index is 14.6. The van der Waals surface area contributed by atoms with Crippen molar-refractivity contribution in [1.29, 1.82) is 0 Å². The lowest BCUT2D eigenvalue weighted by Gasteiger charge is -2.32. The van der Waals surface area contributed by atoms with Crippen molar-refractivity contribution in [2.45, 2.75) is 70.9 Å². The van der Waals surface area contributed by atoms with Gasteiger partial charge in [-0.05, 0) is 45.8 Å². The standard InChI is InChI=1S/C21H29BF2O3/c1-6-7-14-21(23,24)18(25-16-17-11-9-8-10-12-17)13-15-22-26-19(2,3)20(4,5)27-22/h7-15,18H,6,16H2,1-5H3/b14-7+,15-13+. The van der Waals surface area contributed by atoms with Crippen LogP contribution in [0.2, 0.25) is 0 Å². The normalized spacial score (nSPS) is 20.6. The third kappa shape index (κ3) is 5.74. The minimum atomic E-state index is -3.13. The number of alkyl halides is 2. The number of allylic oxidation sites excluding steroid dienone is 1. The van der Waals surface area contributed by atoms with Gasteiger partial charge in [0.25, 0.3) is 5.92 Å². The first kappa shape index (κ1) is 21.8. The van der Waals surface area contributed by atoms with Crippen LogP contribution >= 0.6 is 0 Å². The molecule has 1 aromatic carbocycles. The second-order valence-electron chi connectivity index (χ2n) is 7.71. The highest BCUT2D eigenvalue weighted by Crippen LogP contribution is 2.37. The number of benzene rings is 1. The number of rotatable bonds is 8. The summed E-state index contributed by atoms with van der Waals surface area (Å²) in [5.74, 6) is -1.62. The Kier molecular flexibility index (Phi) is 7.00. The molecule has 1 atom stereocenters. The number of hydrogen-bond donors (Lipinski definition) is 0. The Morgan fingerprint density at radius 1 is 1.11 bits per heavy atom. The molecule has 0 radical (unpaired) electrons. The summed E-state index contributed by atoms with van der Waals surface area (Å²) in [4.78, 5) is 0. The molecular weight excluding hydrogens is 349 g/mol. The van der Waals surface area contributed by atoms with E-state index in [1.165, 1.54) is 18.1 Å². The average molecular weight is 378 g/mol. The lowest BCUT2D eigenvalue weighted by atomic mass is 9.88. The summed E-state index contributed by atoms with van der Waals surface area (Å²) in [7, 11) is -0.691. The quantitative estimate of drug-likeness (QED) is 0.450. The van der Waals surface area contributed by atoms with Gasteiger partial charge in [-0.15, -0.1) is 0 Å². The van der Waals surface area contributed by atoms with Gasteiger partial charge in [-0.25, -0.2) is 0 Å². The van der Waals surface area contributed by atoms with Crippen molar-refractivity contribution in [2.75, 3.05) is 0 Å². The van der Waals surface area contributed by atoms with Crippen molar-refractivity contribution in [2.24, 2.45) is 0 Å². The molecule has 1 saturated heterocycles. The van der Waals surface area contributed by atoms with Gasteiger partial charge in [-0.2, -0.15) is 8.78 Å². The third-order valence-corrected chi connectivity index (χ3v) is 4.94. The summed E-state index contributed by atoms with van der Waals surface area (Å²) in [5, 5.41) is 0. The summed E-state index contributed by atoms with van der Waals surface area (Å²) >= 11 is 0. The van der Waals surface area contributed by atoms with E-state index in [-0.39, 0.29) is 6.61 Å². The van der Waals surface area contributed by atoms with E-state index in [0.29, 0.717) is 6.42 Å². The summed E-state index contributed by atoms with van der Waals surface area (Å²) in [6, 6.07) is 9.26. The highest BCUT2D eigenvalue weighted by Gasteiger charge is 2.50. The zero-order valence-electron chi connectivity index (χ0n) is 16.7. The predicted molar refractivity (Wildman–Crippen MR) is 105 cm³/mol. The monoisotopic (exact) mass is 378 g/mol. The Hall–Kier alpha value is -1.50. The smallest absolute Gasteiger partial charge is 0.400 e. The third-order valence-electron chi connectivity index (χ3n) is 4.94. The first-order valence-corrected chi connectivity index (χ1v) is 9.32. The van der Waals surface area contributed by atoms with Crippen LogP contribution in [0.1, 0.15) is 46.6 Å². The SMILES string of the molecule is CC/C=C/C(F)(F)C(/C=C/B1OC(C)(C)C(C)(C)O1)OCc1ccccc1. The van der Waals surface area contributed by atoms with Gasteiger partial charge < -0.3 is 14.0 Å². The average Bonchev–Trinajstić information content (AvgIpc) is 2.80. The Labute approximate surface area is 161 Å². The minimum absolute atomic E-state index is 0.0920. The Morgan fingerprint density at radius 3 is 2.26 bits per heavy atom. The van der Waals surface area contributed by atoms with Gasteiger partial charge in [-0.3, -0.25) is 0 Å². The Bertz CT molecular complexity index is 641. The lowest BCUT2D eigenvalue weighted by molar-refractivity contribution is -0.0880. The van der Waals surface area contributed by atoms with E-state index in [0.717, 1.165) is 11.6 Å². The minimum Gasteiger partial charge on any atom is -0.400 e. The first-order chi connectivity index (χ1) is 12.6. The topological polar surface area (TPSA) is 27.7 Å². The molecule has 1 fully saturated rings. The molecule has 1 heterocycles. The van der Waals surface area contributed by atoms with Crippen LogP contribution in [0.15, 0.2) is 54.5 Å². The molecule has 27 heavy (non-hydrogen) atoms. The molecule has 3 nitrogen and oxygen atoms in total. The fraction of sp³-hybridized carbons (Fsp3) is 0.524. The predicted octanol–water partition coefficient (Wildman–Crippen LogP) is 5.36. The van der Waals surface area contributed by atoms with Crippen LogP contribution in [0.25, 0.3) is 0 Å². The fourth-order valence-corrected chi connectivity index (χ4v) is 2.58. The molecule has 0 bridgehead atoms. The maximum atomic E-state index is 14.6. The fourth-order valence-electron chi connectivity index (χ4n) is 2.58. The van der Waals surface area contributed by atoms with E-state index in [9.17, 15) is 8.78 Å². The van der Waals surface area contributed by atoms with Crippen molar-refractivity contribution >= 4 is 7.12 Å². The molecule has 2 rings (SSSR count). The van der Waals surface area contributed by atoms with E-state index >= 15 is 0 Å². The molecular formula is C21H29BF2O3. The molecule has 0 aromatic heterocycles. The van der Waals surface area contributed by atoms with Crippen molar-refractivity contribution in [3.05, 3.63) is 60.1 Å². The molecule has 0 saturated carbocycles. The highest BCUT2D eigenvalue weighted by molar-refractivity contribution is 6.51. The molecule has 0 aliphatic carbocycles. The van der Waals surface area contributed by atoms with Crippen LogP contribution in [0.5, 0.6) is 0 Å². The van der Waals surface area contributed by atoms with Crippen LogP contribution in [0.3, 0.4) is 0 Å². The first-order valence-electron chi connectivity index (χ1n) is 9.32. The second-order valence-corrected chi connectivity index (χ2v) is 7.71. The molecule has 0 N–H and O–H groups in total. The molecule has 0 spiro atoms. The van der Waals surface area contributed by atoms with Gasteiger partial charge in [0.05, 0.1) is 17.8 Å². The van der Waals surface area contributed by atoms with E-state index in [2.05, 4.69) is 0 Å². The highest BCUT2D eigenvalue weighted by atomic mass is 19.3. The maximum Gasteiger partial charge on any atom is 0.486 e. The lowest BCUT2D eigenvalue weighted by Crippen LogP contribution is -2.41. The van der Waals surface area contributed by atoms with Gasteiger partial charge in [0.2, 0.25) is 0 Å². The zero-order valence-corrected chi connectivity index (χ0v) is 16.7. The van der Waals surface area contributed by atoms with Crippen LogP contribution in [0, 0.1) is 0 Å². The zero-order chi connectivity index (χ0) is 20.1. The van der Waals surface area contributed by atoms with E-state index in [1.54, 1.807) is 0 Å². The molecule has 1 aliphatic heterocycles. The molecule has 6 heteroatoms. The van der Waals surface area contributed by atoms with Crippen LogP contribution in [-0.2, 0) is 20.7 Å². The number of hydrogen-bond acceptors (Lipinski definition) is 3. The van der Waals surface area contributed by atoms with Crippen molar-refractivity contribution in [3.63, 3.8) is 0 Å². The van der Waals surface area contributed by atoms with Crippen molar-refractivity contribution in [3.8, 4) is 0 Å². The Balaban J connectivity index is 2.13. The van der Waals surface area contributed by atoms with Crippen LogP contribution in [0.4, 0.5) is 8.78 Å². The van der Waals surface area contributed by atoms with Gasteiger partial charge in [0.15, 0.2) is 0 Å². The molecule has 1 unspecified atom stereocenters. The second kappa shape index (κ2) is 8.67. The van der Waals surface area contributed by atoms with Crippen LogP contribution < -0.4 is 0 Å². The van der Waals surface area contributed by atoms with E-state index in [1.807, 2.05) is 65.0 Å². The van der Waals surface area contributed by atoms with Gasteiger partial charge in [0, 0.05) is 0 Å². The summed E-state index contributed by atoms with van der Waals surface area (Å²) in [6.45, 7) is 9.58. The van der Waals surface area contributed by atoms with E-state index in [4.69, 9.17) is 14.0 Å². The summed E-state index contributed by atoms with van der Waals surface area (Å²) < 4.78 is 46.5. The summed E-state index contributed by atoms with van der Waals surface area (Å²) in [6.07, 6.45) is 2.80. The van der Waals surface area contributed by atoms with Crippen molar-refractivity contribution < 1.29 is 22.8 Å². The van der Waals surface area contributed by atoms with Gasteiger partial charge in [-0.1, -0.05) is 55.4 Å². The number of halogens is 2. The van der Waals surface area contributed by atoms with Crippen LogP contribution in [-0.4, -0.2) is 30.3 Å². The molecule has 148 valence electrons. The Morgan fingerprint density at radius 2 is 1.70 bits per heavy atom.